The Kier molecular flexibility index (Phi) is 51.7. The number of carbonyl (C=O) groups is 3. The average Bonchev–Trinajstić information content (AvgIpc) is 3.35. The molecule has 0 heterocycles. The second-order valence-corrected chi connectivity index (χ2v) is 21.3. The Hall–Kier alpha value is -2.04. The zero-order valence-corrected chi connectivity index (χ0v) is 46.4. The first-order valence-electron chi connectivity index (χ1n) is 29.2. The smallest absolute Gasteiger partial charge is 0.462 e. The van der Waals surface area contributed by atoms with Gasteiger partial charge in [-0.05, 0) is 64.2 Å². The zero-order chi connectivity index (χ0) is 51.3. The van der Waals surface area contributed by atoms with Gasteiger partial charge in [-0.25, -0.2) is 4.57 Å². The minimum absolute atomic E-state index is 0.170. The molecule has 0 fully saturated rings. The predicted octanol–water partition coefficient (Wildman–Crippen LogP) is 17.0. The third-order valence-corrected chi connectivity index (χ3v) is 13.8. The standard InChI is InChI=1S/C58H109O11P/c1-4-7-10-13-16-19-22-24-25-26-27-28-29-31-34-37-40-43-46-49-58(62)69-55(51-65-56(60)47-44-41-38-35-33-30-23-20-17-14-11-8-5-2)53-67-70(63,64)66-52-54(50-59)68-57(61)48-45-42-39-36-32-21-18-15-12-9-6-3/h15,18,24-25,54-55,59H,4-14,16-17,19-23,26-53H2,1-3H3,(H,63,64)/b18-15-,25-24-. The van der Waals surface area contributed by atoms with Crippen LogP contribution in [0.3, 0.4) is 0 Å². The molecule has 0 amide bonds. The number of carbonyl (C=O) groups excluding carboxylic acids is 3. The molecule has 11 nitrogen and oxygen atoms in total. The Balaban J connectivity index is 4.67. The van der Waals surface area contributed by atoms with E-state index in [1.807, 2.05) is 0 Å². The van der Waals surface area contributed by atoms with Crippen LogP contribution >= 0.6 is 7.82 Å². The van der Waals surface area contributed by atoms with E-state index in [9.17, 15) is 28.9 Å². The van der Waals surface area contributed by atoms with E-state index < -0.39 is 57.8 Å². The predicted molar refractivity (Wildman–Crippen MR) is 289 cm³/mol. The van der Waals surface area contributed by atoms with Gasteiger partial charge in [0.1, 0.15) is 12.7 Å². The van der Waals surface area contributed by atoms with E-state index in [-0.39, 0.29) is 25.9 Å². The molecule has 12 heteroatoms. The molecule has 2 N–H and O–H groups in total. The van der Waals surface area contributed by atoms with Crippen molar-refractivity contribution in [1.29, 1.82) is 0 Å². The van der Waals surface area contributed by atoms with E-state index in [1.165, 1.54) is 154 Å². The first-order valence-corrected chi connectivity index (χ1v) is 30.7. The molecule has 0 spiro atoms. The van der Waals surface area contributed by atoms with E-state index in [0.717, 1.165) is 77.0 Å². The summed E-state index contributed by atoms with van der Waals surface area (Å²) in [6.45, 7) is 4.63. The number of phosphoric ester groups is 1. The summed E-state index contributed by atoms with van der Waals surface area (Å²) >= 11 is 0. The quantitative estimate of drug-likeness (QED) is 0.0197. The van der Waals surface area contributed by atoms with E-state index in [4.69, 9.17) is 23.3 Å². The minimum atomic E-state index is -4.74. The Morgan fingerprint density at radius 1 is 0.386 bits per heavy atom. The largest absolute Gasteiger partial charge is 0.472 e. The van der Waals surface area contributed by atoms with E-state index in [0.29, 0.717) is 19.3 Å². The fourth-order valence-corrected chi connectivity index (χ4v) is 9.12. The molecule has 0 aliphatic rings. The highest BCUT2D eigenvalue weighted by molar-refractivity contribution is 7.47. The normalized spacial score (nSPS) is 13.5. The lowest BCUT2D eigenvalue weighted by atomic mass is 10.0. The van der Waals surface area contributed by atoms with Crippen LogP contribution in [0.2, 0.25) is 0 Å². The van der Waals surface area contributed by atoms with Crippen molar-refractivity contribution in [3.05, 3.63) is 24.3 Å². The maximum absolute atomic E-state index is 12.9. The highest BCUT2D eigenvalue weighted by Crippen LogP contribution is 2.43. The summed E-state index contributed by atoms with van der Waals surface area (Å²) in [5.74, 6) is -1.45. The van der Waals surface area contributed by atoms with Gasteiger partial charge in [0, 0.05) is 19.3 Å². The lowest BCUT2D eigenvalue weighted by Crippen LogP contribution is -2.30. The number of unbranched alkanes of at least 4 members (excludes halogenated alkanes) is 34. The third-order valence-electron chi connectivity index (χ3n) is 12.8. The fraction of sp³-hybridized carbons (Fsp3) is 0.879. The summed E-state index contributed by atoms with van der Waals surface area (Å²) < 4.78 is 39.5. The monoisotopic (exact) mass is 1010 g/mol. The van der Waals surface area contributed by atoms with Crippen molar-refractivity contribution < 1.29 is 52.2 Å². The summed E-state index contributed by atoms with van der Waals surface area (Å²) in [7, 11) is -4.74. The van der Waals surface area contributed by atoms with Gasteiger partial charge in [0.2, 0.25) is 0 Å². The Morgan fingerprint density at radius 3 is 1.03 bits per heavy atom. The summed E-state index contributed by atoms with van der Waals surface area (Å²) in [5.41, 5.74) is 0. The lowest BCUT2D eigenvalue weighted by Gasteiger charge is -2.21. The lowest BCUT2D eigenvalue weighted by molar-refractivity contribution is -0.161. The van der Waals surface area contributed by atoms with Crippen LogP contribution in [0, 0.1) is 0 Å². The van der Waals surface area contributed by atoms with Crippen LogP contribution in [0.1, 0.15) is 290 Å². The zero-order valence-electron chi connectivity index (χ0n) is 45.5. The van der Waals surface area contributed by atoms with Crippen molar-refractivity contribution in [2.45, 2.75) is 303 Å². The first-order chi connectivity index (χ1) is 34.2. The molecule has 412 valence electrons. The van der Waals surface area contributed by atoms with Gasteiger partial charge >= 0.3 is 25.7 Å². The van der Waals surface area contributed by atoms with Crippen LogP contribution in [0.25, 0.3) is 0 Å². The van der Waals surface area contributed by atoms with Gasteiger partial charge in [-0.1, -0.05) is 231 Å². The summed E-state index contributed by atoms with van der Waals surface area (Å²) in [4.78, 5) is 48.5. The molecule has 0 aromatic heterocycles. The molecule has 0 aliphatic carbocycles. The van der Waals surface area contributed by atoms with Crippen molar-refractivity contribution >= 4 is 25.7 Å². The molecular weight excluding hydrogens is 904 g/mol. The Labute approximate surface area is 429 Å². The van der Waals surface area contributed by atoms with Gasteiger partial charge in [-0.2, -0.15) is 0 Å². The SMILES string of the molecule is CCCC/C=C\CCCCCCCC(=O)OC(CO)COP(=O)(O)OCC(COC(=O)CCCCCCCCCCCCCCC)OC(=O)CCCCCCCCCCC/C=C\CCCCCCCC. The van der Waals surface area contributed by atoms with Gasteiger partial charge in [0.05, 0.1) is 19.8 Å². The van der Waals surface area contributed by atoms with Gasteiger partial charge in [0.25, 0.3) is 0 Å². The van der Waals surface area contributed by atoms with Crippen LogP contribution in [0.4, 0.5) is 0 Å². The Morgan fingerprint density at radius 2 is 0.671 bits per heavy atom. The van der Waals surface area contributed by atoms with Crippen molar-refractivity contribution in [3.63, 3.8) is 0 Å². The topological polar surface area (TPSA) is 155 Å². The Bertz CT molecular complexity index is 1270. The first kappa shape index (κ1) is 68.0. The number of esters is 3. The van der Waals surface area contributed by atoms with Gasteiger partial charge < -0.3 is 24.2 Å². The number of phosphoric acid groups is 1. The molecule has 0 radical (unpaired) electrons. The van der Waals surface area contributed by atoms with Crippen molar-refractivity contribution in [2.75, 3.05) is 26.4 Å². The number of aliphatic hydroxyl groups is 1. The number of hydrogen-bond donors (Lipinski definition) is 2. The van der Waals surface area contributed by atoms with Crippen molar-refractivity contribution in [3.8, 4) is 0 Å². The maximum Gasteiger partial charge on any atom is 0.472 e. The highest BCUT2D eigenvalue weighted by atomic mass is 31.2. The van der Waals surface area contributed by atoms with Crippen molar-refractivity contribution in [1.82, 2.24) is 0 Å². The molecule has 0 aliphatic heterocycles. The van der Waals surface area contributed by atoms with Crippen LogP contribution < -0.4 is 0 Å². The maximum atomic E-state index is 12.9. The molecule has 0 saturated carbocycles. The van der Waals surface area contributed by atoms with Crippen molar-refractivity contribution in [2.24, 2.45) is 0 Å². The van der Waals surface area contributed by atoms with Crippen LogP contribution in [-0.4, -0.2) is 66.5 Å². The van der Waals surface area contributed by atoms with E-state index in [1.54, 1.807) is 0 Å². The van der Waals surface area contributed by atoms with E-state index >= 15 is 0 Å². The molecule has 0 bridgehead atoms. The van der Waals surface area contributed by atoms with Gasteiger partial charge in [0.15, 0.2) is 6.10 Å². The fourth-order valence-electron chi connectivity index (χ4n) is 8.33. The molecule has 3 unspecified atom stereocenters. The number of allylic oxidation sites excluding steroid dienone is 4. The summed E-state index contributed by atoms with van der Waals surface area (Å²) in [5, 5.41) is 9.78. The van der Waals surface area contributed by atoms with Crippen LogP contribution in [-0.2, 0) is 42.2 Å². The number of rotatable bonds is 55. The highest BCUT2D eigenvalue weighted by Gasteiger charge is 2.28. The molecule has 0 aromatic carbocycles. The molecule has 70 heavy (non-hydrogen) atoms. The number of hydrogen-bond acceptors (Lipinski definition) is 10. The molecule has 0 saturated heterocycles. The molecule has 3 atom stereocenters. The van der Waals surface area contributed by atoms with Crippen LogP contribution in [0.5, 0.6) is 0 Å². The molecule has 0 rings (SSSR count). The number of ether oxygens (including phenoxy) is 3. The van der Waals surface area contributed by atoms with Gasteiger partial charge in [-0.3, -0.25) is 23.4 Å². The van der Waals surface area contributed by atoms with Gasteiger partial charge in [-0.15, -0.1) is 0 Å². The average molecular weight is 1010 g/mol. The van der Waals surface area contributed by atoms with Crippen LogP contribution in [0.15, 0.2) is 24.3 Å². The summed E-state index contributed by atoms with van der Waals surface area (Å²) in [6.07, 6.45) is 52.8. The number of aliphatic hydroxyl groups excluding tert-OH is 1. The molecular formula is C58H109O11P. The third kappa shape index (κ3) is 50.9. The second kappa shape index (κ2) is 53.3. The second-order valence-electron chi connectivity index (χ2n) is 19.8. The van der Waals surface area contributed by atoms with E-state index in [2.05, 4.69) is 45.1 Å². The molecule has 0 aromatic rings. The summed E-state index contributed by atoms with van der Waals surface area (Å²) in [6, 6.07) is 0. The minimum Gasteiger partial charge on any atom is -0.462 e.